The molecule has 0 aromatic heterocycles. The highest BCUT2D eigenvalue weighted by Gasteiger charge is 2.61. The minimum absolute atomic E-state index is 0.0549. The molecule has 5 aliphatic heterocycles. The summed E-state index contributed by atoms with van der Waals surface area (Å²) >= 11 is 0. The van der Waals surface area contributed by atoms with Crippen LogP contribution < -0.4 is 10.4 Å². The largest absolute Gasteiger partial charge is 0.410 e. The van der Waals surface area contributed by atoms with Crippen LogP contribution in [0.3, 0.4) is 0 Å². The Morgan fingerprint density at radius 1 is 0.609 bits per heavy atom. The van der Waals surface area contributed by atoms with E-state index < -0.39 is 70.6 Å². The molecule has 14 heteroatoms. The lowest BCUT2D eigenvalue weighted by atomic mass is 9.74. The maximum atomic E-state index is 12.9. The Bertz CT molecular complexity index is 3280. The van der Waals surface area contributed by atoms with E-state index in [2.05, 4.69) is 243 Å². The molecule has 11 rings (SSSR count). The van der Waals surface area contributed by atoms with Crippen LogP contribution in [0, 0.1) is 23.7 Å². The molecule has 5 fully saturated rings. The standard InChI is InChI=1S/C78H108O12Si2/c1-50(2)91(51(3)4,52(5)6)90-71-43-69-70(88-77(71,14)48-85-92(76(11,12)13,64-30-18-16-19-31-64)65-32-20-17-21-33-65)39-53(7)38-67-68(86-69)42-66(79)72(87-67)55(9)74(82-46-58-35-37-60-27-23-25-29-62(60)41-58)75-73(83-49-80-15)54(8)56(10)78(89-75)44-63(47-84-78)81-45-57-34-36-59-26-22-24-28-61(59)40-57/h16-37,40-41,50-56,63,66-75,79H,38-39,42-49H2,1-15H3/t53-,54+,55-,56+,63+,66+,67+,68-,69+,70-,71-,72-,73-,74+,75-,77+,78-/m1/s1. The first-order valence-corrected chi connectivity index (χ1v) is 38.7. The lowest BCUT2D eigenvalue weighted by molar-refractivity contribution is -0.351. The number of methoxy groups -OCH3 is 1. The molecule has 5 heterocycles. The fraction of sp³-hybridized carbons (Fsp3) is 0.590. The lowest BCUT2D eigenvalue weighted by Gasteiger charge is -2.56. The van der Waals surface area contributed by atoms with Crippen LogP contribution in [0.25, 0.3) is 21.5 Å². The Hall–Kier alpha value is -4.21. The Labute approximate surface area is 552 Å². The van der Waals surface area contributed by atoms with E-state index in [1.165, 1.54) is 21.1 Å². The molecule has 0 amide bonds. The molecule has 5 aliphatic rings. The fourth-order valence-electron chi connectivity index (χ4n) is 17.3. The van der Waals surface area contributed by atoms with Gasteiger partial charge in [-0.15, -0.1) is 0 Å². The molecular formula is C78H108O12Si2. The summed E-state index contributed by atoms with van der Waals surface area (Å²) in [6, 6.07) is 51.6. The van der Waals surface area contributed by atoms with Crippen LogP contribution in [0.15, 0.2) is 146 Å². The summed E-state index contributed by atoms with van der Waals surface area (Å²) in [5, 5.41) is 19.8. The number of aliphatic hydroxyl groups excluding tert-OH is 1. The third-order valence-corrected chi connectivity index (χ3v) is 33.3. The van der Waals surface area contributed by atoms with Gasteiger partial charge in [-0.05, 0) is 108 Å². The quantitative estimate of drug-likeness (QED) is 0.0514. The summed E-state index contributed by atoms with van der Waals surface area (Å²) < 4.78 is 79.6. The van der Waals surface area contributed by atoms with E-state index in [-0.39, 0.29) is 60.1 Å². The van der Waals surface area contributed by atoms with Crippen molar-refractivity contribution in [2.45, 2.75) is 242 Å². The van der Waals surface area contributed by atoms with Crippen LogP contribution in [0.4, 0.5) is 0 Å². The molecule has 1 spiro atoms. The zero-order chi connectivity index (χ0) is 65.3. The maximum Gasteiger partial charge on any atom is 0.261 e. The molecule has 6 aromatic carbocycles. The molecule has 12 nitrogen and oxygen atoms in total. The fourth-order valence-corrected chi connectivity index (χ4v) is 27.6. The third kappa shape index (κ3) is 14.0. The Balaban J connectivity index is 0.883. The highest BCUT2D eigenvalue weighted by Crippen LogP contribution is 2.52. The van der Waals surface area contributed by atoms with Gasteiger partial charge in [-0.2, -0.15) is 0 Å². The van der Waals surface area contributed by atoms with Gasteiger partial charge in [-0.3, -0.25) is 0 Å². The van der Waals surface area contributed by atoms with Crippen LogP contribution in [-0.2, 0) is 64.7 Å². The number of hydrogen-bond acceptors (Lipinski definition) is 12. The van der Waals surface area contributed by atoms with Crippen molar-refractivity contribution in [3.8, 4) is 0 Å². The SMILES string of the molecule is COCO[C@@H]1[C@@H](C)[C@H](C)[C@@]2(C[C@H](OCc3ccc4ccccc4c3)CO2)O[C@H]1[C@@H](OCc1ccc2ccccc2c1)[C@H](C)[C@H]1O[C@H]2C[C@@H](C)C[C@H]3O[C@@](C)(CO[Si](c4ccccc4)(c4ccccc4)C(C)(C)C)[C@H](O[Si](C(C)C)(C(C)C)C(C)C)C[C@@H]3O[C@@H]2C[C@@H]1O. The second kappa shape index (κ2) is 28.9. The van der Waals surface area contributed by atoms with Crippen molar-refractivity contribution in [1.82, 2.24) is 0 Å². The van der Waals surface area contributed by atoms with E-state index in [0.717, 1.165) is 34.7 Å². The van der Waals surface area contributed by atoms with Crippen molar-refractivity contribution in [1.29, 1.82) is 0 Å². The monoisotopic (exact) mass is 1290 g/mol. The minimum atomic E-state index is -3.00. The summed E-state index contributed by atoms with van der Waals surface area (Å²) in [5.41, 5.74) is 2.33. The van der Waals surface area contributed by atoms with E-state index in [1.54, 1.807) is 7.11 Å². The number of ether oxygens (including phenoxy) is 9. The van der Waals surface area contributed by atoms with Crippen LogP contribution in [0.2, 0.25) is 21.7 Å². The molecule has 92 heavy (non-hydrogen) atoms. The van der Waals surface area contributed by atoms with Crippen molar-refractivity contribution in [3.63, 3.8) is 0 Å². The molecule has 6 aromatic rings. The number of rotatable bonds is 22. The first-order valence-electron chi connectivity index (χ1n) is 34.7. The van der Waals surface area contributed by atoms with Crippen molar-refractivity contribution < 1.29 is 56.6 Å². The van der Waals surface area contributed by atoms with Crippen LogP contribution in [0.1, 0.15) is 140 Å². The highest BCUT2D eigenvalue weighted by atomic mass is 28.4. The highest BCUT2D eigenvalue weighted by molar-refractivity contribution is 6.99. The Kier molecular flexibility index (Phi) is 21.7. The molecule has 5 saturated heterocycles. The summed E-state index contributed by atoms with van der Waals surface area (Å²) in [7, 11) is -3.87. The summed E-state index contributed by atoms with van der Waals surface area (Å²) in [6.45, 7) is 33.9. The second-order valence-electron chi connectivity index (χ2n) is 30.3. The topological polar surface area (TPSA) is 122 Å². The van der Waals surface area contributed by atoms with Gasteiger partial charge in [0.05, 0.1) is 87.5 Å². The van der Waals surface area contributed by atoms with Crippen molar-refractivity contribution in [2.24, 2.45) is 23.7 Å². The van der Waals surface area contributed by atoms with Gasteiger partial charge in [0, 0.05) is 38.2 Å². The van der Waals surface area contributed by atoms with E-state index >= 15 is 0 Å². The number of aliphatic hydroxyl groups is 1. The number of fused-ring (bicyclic) bond motifs is 4. The van der Waals surface area contributed by atoms with Crippen LogP contribution in [-0.4, -0.2) is 127 Å². The lowest BCUT2D eigenvalue weighted by Crippen LogP contribution is -2.70. The summed E-state index contributed by atoms with van der Waals surface area (Å²) in [5.74, 6) is -1.35. The summed E-state index contributed by atoms with van der Waals surface area (Å²) in [4.78, 5) is 0. The molecule has 0 radical (unpaired) electrons. The maximum absolute atomic E-state index is 12.9. The average molecular weight is 1290 g/mol. The molecule has 0 aliphatic carbocycles. The number of benzene rings is 6. The Morgan fingerprint density at radius 2 is 1.15 bits per heavy atom. The molecule has 0 bridgehead atoms. The van der Waals surface area contributed by atoms with Gasteiger partial charge < -0.3 is 56.6 Å². The second-order valence-corrected chi connectivity index (χ2v) is 40.1. The zero-order valence-electron chi connectivity index (χ0n) is 57.8. The van der Waals surface area contributed by atoms with E-state index in [0.29, 0.717) is 62.3 Å². The van der Waals surface area contributed by atoms with Crippen LogP contribution in [0.5, 0.6) is 0 Å². The van der Waals surface area contributed by atoms with E-state index in [4.69, 9.17) is 51.5 Å². The predicted octanol–water partition coefficient (Wildman–Crippen LogP) is 15.3. The zero-order valence-corrected chi connectivity index (χ0v) is 59.8. The average Bonchev–Trinajstić information content (AvgIpc) is 1.11. The van der Waals surface area contributed by atoms with E-state index in [1.807, 2.05) is 0 Å². The van der Waals surface area contributed by atoms with E-state index in [9.17, 15) is 5.11 Å². The normalized spacial score (nSPS) is 31.4. The molecule has 1 N–H and O–H groups in total. The van der Waals surface area contributed by atoms with Gasteiger partial charge in [0.1, 0.15) is 18.5 Å². The molecule has 0 unspecified atom stereocenters. The Morgan fingerprint density at radius 3 is 1.73 bits per heavy atom. The molecular weight excluding hydrogens is 1190 g/mol. The summed E-state index contributed by atoms with van der Waals surface area (Å²) in [6.07, 6.45) is -2.11. The van der Waals surface area contributed by atoms with Gasteiger partial charge >= 0.3 is 0 Å². The van der Waals surface area contributed by atoms with Gasteiger partial charge in [-0.1, -0.05) is 223 Å². The third-order valence-electron chi connectivity index (χ3n) is 22.2. The minimum Gasteiger partial charge on any atom is -0.410 e. The van der Waals surface area contributed by atoms with Gasteiger partial charge in [0.25, 0.3) is 8.32 Å². The predicted molar refractivity (Wildman–Crippen MR) is 371 cm³/mol. The van der Waals surface area contributed by atoms with Gasteiger partial charge in [0.2, 0.25) is 8.32 Å². The van der Waals surface area contributed by atoms with Crippen molar-refractivity contribution in [2.75, 3.05) is 27.1 Å². The van der Waals surface area contributed by atoms with Crippen molar-refractivity contribution >= 4 is 48.6 Å². The number of hydrogen-bond donors (Lipinski definition) is 1. The smallest absolute Gasteiger partial charge is 0.261 e. The van der Waals surface area contributed by atoms with Gasteiger partial charge in [0.15, 0.2) is 5.79 Å². The van der Waals surface area contributed by atoms with Crippen molar-refractivity contribution in [3.05, 3.63) is 157 Å². The molecule has 0 saturated carbocycles. The first-order chi connectivity index (χ1) is 44.0. The van der Waals surface area contributed by atoms with Gasteiger partial charge in [-0.25, -0.2) is 0 Å². The van der Waals surface area contributed by atoms with Crippen LogP contribution >= 0.6 is 0 Å². The molecule has 17 atom stereocenters. The first kappa shape index (κ1) is 69.2. The molecule has 500 valence electrons.